The number of pyridine rings is 1. The highest BCUT2D eigenvalue weighted by atomic mass is 35.5. The fraction of sp³-hybridized carbons (Fsp3) is 0.366. The van der Waals surface area contributed by atoms with Gasteiger partial charge in [-0.3, -0.25) is 14.8 Å². The lowest BCUT2D eigenvalue weighted by atomic mass is 9.93. The zero-order valence-electron chi connectivity index (χ0n) is 29.6. The number of hydrogen-bond donors (Lipinski definition) is 2. The number of aromatic nitrogens is 5. The molecule has 3 fully saturated rings. The molecule has 1 aliphatic carbocycles. The van der Waals surface area contributed by atoms with Crippen molar-refractivity contribution in [2.24, 2.45) is 0 Å². The molecule has 2 saturated heterocycles. The minimum Gasteiger partial charge on any atom is -0.473 e. The van der Waals surface area contributed by atoms with E-state index in [9.17, 15) is 9.18 Å². The third kappa shape index (κ3) is 7.13. The van der Waals surface area contributed by atoms with Crippen LogP contribution in [0, 0.1) is 12.7 Å². The largest absolute Gasteiger partial charge is 0.473 e. The number of ether oxygens (including phenoxy) is 2. The van der Waals surface area contributed by atoms with Crippen molar-refractivity contribution >= 4 is 45.1 Å². The maximum absolute atomic E-state index is 14.3. The number of nitrogens with zero attached hydrogens (tertiary/aromatic N) is 5. The maximum atomic E-state index is 14.3. The Morgan fingerprint density at radius 1 is 1.02 bits per heavy atom. The Morgan fingerprint density at radius 3 is 2.64 bits per heavy atom. The van der Waals surface area contributed by atoms with Gasteiger partial charge in [0.05, 0.1) is 41.4 Å². The molecule has 2 N–H and O–H groups in total. The number of imidazole rings is 1. The van der Waals surface area contributed by atoms with Crippen LogP contribution in [0.4, 0.5) is 10.1 Å². The monoisotopic (exact) mass is 733 g/mol. The lowest BCUT2D eigenvalue weighted by Gasteiger charge is -2.32. The van der Waals surface area contributed by atoms with Crippen LogP contribution in [0.3, 0.4) is 0 Å². The molecule has 1 saturated carbocycles. The Bertz CT molecular complexity index is 2320. The van der Waals surface area contributed by atoms with E-state index in [0.29, 0.717) is 40.4 Å². The van der Waals surface area contributed by atoms with Gasteiger partial charge in [-0.15, -0.1) is 0 Å². The van der Waals surface area contributed by atoms with E-state index in [1.54, 1.807) is 12.1 Å². The van der Waals surface area contributed by atoms with Gasteiger partial charge in [-0.05, 0) is 112 Å². The Balaban J connectivity index is 0.883. The number of piperidine rings is 1. The van der Waals surface area contributed by atoms with Crippen molar-refractivity contribution in [3.8, 4) is 5.88 Å². The standard InChI is InChI=1S/C41H41ClFN7O3/c1-24-32-19-30(20-33(25-5-6-25)40(32)48-47-24)44-41(51)27-8-10-37-36(17-27)45-38(50(37)21-31-13-16-52-31)22-49-14-11-26(12-15-49)35-3-2-4-39(46-35)53-23-28-7-9-29(42)18-34(28)43/h2-4,7-10,17-20,25-26,31H,5-6,11-16,21-23H2,1H3,(H,44,51)(H,47,48)/t31-/m0/s1. The summed E-state index contributed by atoms with van der Waals surface area (Å²) < 4.78 is 28.2. The first-order valence-corrected chi connectivity index (χ1v) is 18.9. The summed E-state index contributed by atoms with van der Waals surface area (Å²) in [6.45, 7) is 6.09. The number of aromatic amines is 1. The molecule has 9 rings (SSSR count). The SMILES string of the molecule is Cc1n[nH]c2c(C3CC3)cc(NC(=O)c3ccc4c(c3)nc(CN3CCC(c5cccc(OCc6ccc(Cl)cc6F)n5)CC3)n4C[C@@H]3CCO3)cc12. The second kappa shape index (κ2) is 14.2. The van der Waals surface area contributed by atoms with E-state index in [0.717, 1.165) is 103 Å². The van der Waals surface area contributed by atoms with Crippen LogP contribution in [-0.2, 0) is 24.4 Å². The molecule has 3 aromatic carbocycles. The van der Waals surface area contributed by atoms with Gasteiger partial charge in [0, 0.05) is 51.5 Å². The number of carbonyl (C=O) groups excluding carboxylic acids is 1. The molecule has 12 heteroatoms. The van der Waals surface area contributed by atoms with Gasteiger partial charge in [0.25, 0.3) is 5.91 Å². The van der Waals surface area contributed by atoms with Crippen molar-refractivity contribution in [3.05, 3.63) is 111 Å². The molecule has 0 bridgehead atoms. The van der Waals surface area contributed by atoms with Crippen LogP contribution in [0.2, 0.25) is 5.02 Å². The van der Waals surface area contributed by atoms with Crippen LogP contribution >= 0.6 is 11.6 Å². The number of halogens is 2. The van der Waals surface area contributed by atoms with Crippen LogP contribution < -0.4 is 10.1 Å². The first-order valence-electron chi connectivity index (χ1n) is 18.5. The smallest absolute Gasteiger partial charge is 0.255 e. The third-order valence-electron chi connectivity index (χ3n) is 10.9. The number of aryl methyl sites for hydroxylation is 1. The lowest BCUT2D eigenvalue weighted by molar-refractivity contribution is -0.0592. The first-order chi connectivity index (χ1) is 25.8. The summed E-state index contributed by atoms with van der Waals surface area (Å²) in [6.07, 6.45) is 5.41. The average Bonchev–Trinajstić information content (AvgIpc) is 3.85. The van der Waals surface area contributed by atoms with Crippen LogP contribution in [0.15, 0.2) is 66.7 Å². The first kappa shape index (κ1) is 34.0. The summed E-state index contributed by atoms with van der Waals surface area (Å²) in [5.74, 6) is 1.72. The van der Waals surface area contributed by atoms with E-state index in [1.165, 1.54) is 11.6 Å². The highest BCUT2D eigenvalue weighted by Crippen LogP contribution is 2.44. The molecule has 0 spiro atoms. The van der Waals surface area contributed by atoms with Crippen molar-refractivity contribution < 1.29 is 18.7 Å². The molecule has 1 atom stereocenters. The maximum Gasteiger partial charge on any atom is 0.255 e. The number of benzene rings is 3. The molecular weight excluding hydrogens is 693 g/mol. The fourth-order valence-electron chi connectivity index (χ4n) is 7.66. The molecule has 5 heterocycles. The number of likely N-dealkylation sites (tertiary alicyclic amines) is 1. The van der Waals surface area contributed by atoms with Gasteiger partial charge in [-0.25, -0.2) is 14.4 Å². The molecular formula is C41H41ClFN7O3. The molecule has 0 radical (unpaired) electrons. The highest BCUT2D eigenvalue weighted by molar-refractivity contribution is 6.30. The van der Waals surface area contributed by atoms with E-state index in [-0.39, 0.29) is 18.6 Å². The van der Waals surface area contributed by atoms with Gasteiger partial charge < -0.3 is 19.4 Å². The zero-order valence-corrected chi connectivity index (χ0v) is 30.3. The Kier molecular flexibility index (Phi) is 9.09. The van der Waals surface area contributed by atoms with Gasteiger partial charge in [0.15, 0.2) is 0 Å². The minimum atomic E-state index is -0.391. The molecule has 2 aliphatic heterocycles. The van der Waals surface area contributed by atoms with E-state index in [1.807, 2.05) is 49.4 Å². The van der Waals surface area contributed by atoms with Crippen molar-refractivity contribution in [1.29, 1.82) is 0 Å². The normalized spacial score (nSPS) is 18.1. The minimum absolute atomic E-state index is 0.0835. The quantitative estimate of drug-likeness (QED) is 0.138. The number of hydrogen-bond acceptors (Lipinski definition) is 7. The number of H-pyrrole nitrogens is 1. The van der Waals surface area contributed by atoms with Gasteiger partial charge in [0.2, 0.25) is 5.88 Å². The number of nitrogens with one attached hydrogen (secondary N) is 2. The summed E-state index contributed by atoms with van der Waals surface area (Å²) >= 11 is 5.89. The van der Waals surface area contributed by atoms with Crippen LogP contribution in [0.5, 0.6) is 5.88 Å². The number of rotatable bonds is 11. The number of anilines is 1. The predicted octanol–water partition coefficient (Wildman–Crippen LogP) is 8.29. The van der Waals surface area contributed by atoms with Gasteiger partial charge >= 0.3 is 0 Å². The summed E-state index contributed by atoms with van der Waals surface area (Å²) in [5, 5.41) is 12.2. The number of amides is 1. The van der Waals surface area contributed by atoms with Crippen LogP contribution in [-0.4, -0.2) is 61.3 Å². The van der Waals surface area contributed by atoms with E-state index >= 15 is 0 Å². The Morgan fingerprint density at radius 2 is 1.87 bits per heavy atom. The Labute approximate surface area is 311 Å². The van der Waals surface area contributed by atoms with Gasteiger partial charge in [-0.1, -0.05) is 23.7 Å². The van der Waals surface area contributed by atoms with Crippen molar-refractivity contribution in [3.63, 3.8) is 0 Å². The van der Waals surface area contributed by atoms with E-state index in [2.05, 4.69) is 31.0 Å². The van der Waals surface area contributed by atoms with Crippen molar-refractivity contribution in [2.45, 2.75) is 76.7 Å². The summed E-state index contributed by atoms with van der Waals surface area (Å²) in [7, 11) is 0. The molecule has 3 aromatic heterocycles. The highest BCUT2D eigenvalue weighted by Gasteiger charge is 2.28. The average molecular weight is 734 g/mol. The molecule has 272 valence electrons. The summed E-state index contributed by atoms with van der Waals surface area (Å²) in [6, 6.07) is 20.3. The summed E-state index contributed by atoms with van der Waals surface area (Å²) in [4.78, 5) is 26.0. The second-order valence-corrected chi connectivity index (χ2v) is 15.1. The predicted molar refractivity (Wildman–Crippen MR) is 202 cm³/mol. The zero-order chi connectivity index (χ0) is 36.1. The molecule has 0 unspecified atom stereocenters. The molecule has 10 nitrogen and oxygen atoms in total. The molecule has 3 aliphatic rings. The van der Waals surface area contributed by atoms with Gasteiger partial charge in [0.1, 0.15) is 18.2 Å². The topological polar surface area (TPSA) is 110 Å². The lowest BCUT2D eigenvalue weighted by Crippen LogP contribution is -2.35. The van der Waals surface area contributed by atoms with Crippen molar-refractivity contribution in [2.75, 3.05) is 25.0 Å². The number of carbonyl (C=O) groups is 1. The van der Waals surface area contributed by atoms with E-state index in [4.69, 9.17) is 31.0 Å². The Hall–Kier alpha value is -4.84. The van der Waals surface area contributed by atoms with Crippen LogP contribution in [0.1, 0.15) is 82.6 Å². The molecule has 1 amide bonds. The molecule has 53 heavy (non-hydrogen) atoms. The molecule has 6 aromatic rings. The van der Waals surface area contributed by atoms with E-state index < -0.39 is 5.82 Å². The fourth-order valence-corrected chi connectivity index (χ4v) is 7.82. The summed E-state index contributed by atoms with van der Waals surface area (Å²) in [5.41, 5.74) is 7.82. The van der Waals surface area contributed by atoms with Gasteiger partial charge in [-0.2, -0.15) is 5.10 Å². The van der Waals surface area contributed by atoms with Crippen molar-refractivity contribution in [1.82, 2.24) is 29.6 Å². The number of fused-ring (bicyclic) bond motifs is 2. The third-order valence-corrected chi connectivity index (χ3v) is 11.2. The van der Waals surface area contributed by atoms with Crippen LogP contribution in [0.25, 0.3) is 21.9 Å². The second-order valence-electron chi connectivity index (χ2n) is 14.6.